The standard InChI is InChI=1S/C14H18F3NO/c15-14(16,17)11-2-1-3-12(8-11)18-9-10-4-6-13(19)7-5-10/h4-7,11-12,18-19H,1-3,8-9H2. The molecule has 1 aliphatic rings. The van der Waals surface area contributed by atoms with Gasteiger partial charge in [0.05, 0.1) is 5.92 Å². The predicted octanol–water partition coefficient (Wildman–Crippen LogP) is 3.60. The number of benzene rings is 1. The molecule has 2 N–H and O–H groups in total. The van der Waals surface area contributed by atoms with Crippen molar-refractivity contribution in [2.24, 2.45) is 5.92 Å². The summed E-state index contributed by atoms with van der Waals surface area (Å²) in [4.78, 5) is 0. The van der Waals surface area contributed by atoms with Gasteiger partial charge in [-0.3, -0.25) is 0 Å². The van der Waals surface area contributed by atoms with Crippen LogP contribution in [-0.2, 0) is 6.54 Å². The van der Waals surface area contributed by atoms with E-state index in [-0.39, 0.29) is 24.6 Å². The van der Waals surface area contributed by atoms with E-state index in [0.29, 0.717) is 13.0 Å². The van der Waals surface area contributed by atoms with Crippen LogP contribution in [0.15, 0.2) is 24.3 Å². The SMILES string of the molecule is Oc1ccc(CNC2CCCC(C(F)(F)F)C2)cc1. The summed E-state index contributed by atoms with van der Waals surface area (Å²) >= 11 is 0. The zero-order valence-electron chi connectivity index (χ0n) is 10.6. The molecule has 1 saturated carbocycles. The molecule has 0 spiro atoms. The fourth-order valence-electron chi connectivity index (χ4n) is 2.55. The molecule has 2 rings (SSSR count). The van der Waals surface area contributed by atoms with Crippen LogP contribution < -0.4 is 5.32 Å². The maximum Gasteiger partial charge on any atom is 0.391 e. The molecule has 1 aromatic rings. The quantitative estimate of drug-likeness (QED) is 0.882. The van der Waals surface area contributed by atoms with E-state index in [1.54, 1.807) is 24.3 Å². The highest BCUT2D eigenvalue weighted by Gasteiger charge is 2.41. The van der Waals surface area contributed by atoms with Crippen molar-refractivity contribution in [2.45, 2.75) is 44.4 Å². The van der Waals surface area contributed by atoms with E-state index in [4.69, 9.17) is 5.11 Å². The molecule has 0 saturated heterocycles. The van der Waals surface area contributed by atoms with Gasteiger partial charge in [-0.25, -0.2) is 0 Å². The summed E-state index contributed by atoms with van der Waals surface area (Å²) in [5, 5.41) is 12.3. The van der Waals surface area contributed by atoms with Crippen LogP contribution in [0.4, 0.5) is 13.2 Å². The van der Waals surface area contributed by atoms with Gasteiger partial charge in [0, 0.05) is 12.6 Å². The van der Waals surface area contributed by atoms with Gasteiger partial charge in [0.1, 0.15) is 5.75 Å². The molecular formula is C14H18F3NO. The Morgan fingerprint density at radius 2 is 1.84 bits per heavy atom. The smallest absolute Gasteiger partial charge is 0.391 e. The molecule has 0 radical (unpaired) electrons. The molecular weight excluding hydrogens is 255 g/mol. The highest BCUT2D eigenvalue weighted by molar-refractivity contribution is 5.25. The summed E-state index contributed by atoms with van der Waals surface area (Å²) in [6, 6.07) is 6.63. The number of nitrogens with one attached hydrogen (secondary N) is 1. The molecule has 1 aromatic carbocycles. The molecule has 2 atom stereocenters. The number of halogens is 3. The van der Waals surface area contributed by atoms with E-state index in [0.717, 1.165) is 12.0 Å². The number of hydrogen-bond donors (Lipinski definition) is 2. The van der Waals surface area contributed by atoms with Gasteiger partial charge < -0.3 is 10.4 Å². The van der Waals surface area contributed by atoms with E-state index < -0.39 is 12.1 Å². The maximum absolute atomic E-state index is 12.7. The summed E-state index contributed by atoms with van der Waals surface area (Å²) < 4.78 is 38.0. The molecule has 0 amide bonds. The Hall–Kier alpha value is -1.23. The molecule has 2 nitrogen and oxygen atoms in total. The summed E-state index contributed by atoms with van der Waals surface area (Å²) in [7, 11) is 0. The van der Waals surface area contributed by atoms with E-state index >= 15 is 0 Å². The first kappa shape index (κ1) is 14.2. The minimum absolute atomic E-state index is 0.0748. The number of phenolic OH excluding ortho intramolecular Hbond substituents is 1. The summed E-state index contributed by atoms with van der Waals surface area (Å²) in [6.07, 6.45) is -2.23. The lowest BCUT2D eigenvalue weighted by Gasteiger charge is -2.31. The predicted molar refractivity (Wildman–Crippen MR) is 66.7 cm³/mol. The maximum atomic E-state index is 12.7. The van der Waals surface area contributed by atoms with Crippen LogP contribution in [0.3, 0.4) is 0 Å². The van der Waals surface area contributed by atoms with E-state index in [1.807, 2.05) is 0 Å². The topological polar surface area (TPSA) is 32.3 Å². The molecule has 0 heterocycles. The fraction of sp³-hybridized carbons (Fsp3) is 0.571. The summed E-state index contributed by atoms with van der Waals surface area (Å²) in [5.74, 6) is -0.975. The molecule has 0 aromatic heterocycles. The average Bonchev–Trinajstić information content (AvgIpc) is 2.37. The van der Waals surface area contributed by atoms with Gasteiger partial charge in [0.25, 0.3) is 0 Å². The van der Waals surface area contributed by atoms with Gasteiger partial charge in [-0.2, -0.15) is 13.2 Å². The number of hydrogen-bond acceptors (Lipinski definition) is 2. The number of rotatable bonds is 3. The Labute approximate surface area is 110 Å². The first-order valence-electron chi connectivity index (χ1n) is 6.53. The summed E-state index contributed by atoms with van der Waals surface area (Å²) in [6.45, 7) is 0.537. The van der Waals surface area contributed by atoms with Crippen LogP contribution >= 0.6 is 0 Å². The molecule has 0 bridgehead atoms. The third-order valence-corrected chi connectivity index (χ3v) is 3.67. The first-order valence-corrected chi connectivity index (χ1v) is 6.53. The van der Waals surface area contributed by atoms with E-state index in [1.165, 1.54) is 0 Å². The van der Waals surface area contributed by atoms with Crippen LogP contribution in [-0.4, -0.2) is 17.3 Å². The van der Waals surface area contributed by atoms with E-state index in [2.05, 4.69) is 5.32 Å². The lowest BCUT2D eigenvalue weighted by atomic mass is 9.85. The van der Waals surface area contributed by atoms with Crippen molar-refractivity contribution in [1.29, 1.82) is 0 Å². The fourth-order valence-corrected chi connectivity index (χ4v) is 2.55. The number of aromatic hydroxyl groups is 1. The second-order valence-corrected chi connectivity index (χ2v) is 5.15. The molecule has 106 valence electrons. The molecule has 2 unspecified atom stereocenters. The van der Waals surface area contributed by atoms with Crippen LogP contribution in [0, 0.1) is 5.92 Å². The molecule has 1 fully saturated rings. The van der Waals surface area contributed by atoms with Crippen molar-refractivity contribution < 1.29 is 18.3 Å². The number of alkyl halides is 3. The minimum Gasteiger partial charge on any atom is -0.508 e. The average molecular weight is 273 g/mol. The van der Waals surface area contributed by atoms with Crippen molar-refractivity contribution in [3.05, 3.63) is 29.8 Å². The molecule has 0 aliphatic heterocycles. The molecule has 19 heavy (non-hydrogen) atoms. The third kappa shape index (κ3) is 4.13. The lowest BCUT2D eigenvalue weighted by molar-refractivity contribution is -0.183. The Balaban J connectivity index is 1.84. The largest absolute Gasteiger partial charge is 0.508 e. The monoisotopic (exact) mass is 273 g/mol. The number of phenols is 1. The Bertz CT molecular complexity index is 402. The van der Waals surface area contributed by atoms with Crippen LogP contribution in [0.5, 0.6) is 5.75 Å². The van der Waals surface area contributed by atoms with Gasteiger partial charge in [0.2, 0.25) is 0 Å². The van der Waals surface area contributed by atoms with Crippen molar-refractivity contribution in [3.8, 4) is 5.75 Å². The summed E-state index contributed by atoms with van der Waals surface area (Å²) in [5.41, 5.74) is 0.965. The van der Waals surface area contributed by atoms with Gasteiger partial charge in [-0.1, -0.05) is 18.6 Å². The van der Waals surface area contributed by atoms with Crippen LogP contribution in [0.25, 0.3) is 0 Å². The van der Waals surface area contributed by atoms with Gasteiger partial charge in [-0.15, -0.1) is 0 Å². The van der Waals surface area contributed by atoms with Crippen molar-refractivity contribution in [1.82, 2.24) is 5.32 Å². The zero-order valence-corrected chi connectivity index (χ0v) is 10.6. The van der Waals surface area contributed by atoms with Gasteiger partial charge >= 0.3 is 6.18 Å². The van der Waals surface area contributed by atoms with Crippen molar-refractivity contribution in [2.75, 3.05) is 0 Å². The second kappa shape index (κ2) is 5.82. The van der Waals surface area contributed by atoms with Crippen LogP contribution in [0.1, 0.15) is 31.2 Å². The minimum atomic E-state index is -4.07. The Morgan fingerprint density at radius 3 is 2.47 bits per heavy atom. The van der Waals surface area contributed by atoms with Crippen LogP contribution in [0.2, 0.25) is 0 Å². The lowest BCUT2D eigenvalue weighted by Crippen LogP contribution is -2.38. The molecule has 1 aliphatic carbocycles. The Kier molecular flexibility index (Phi) is 4.34. The van der Waals surface area contributed by atoms with Gasteiger partial charge in [-0.05, 0) is 37.0 Å². The third-order valence-electron chi connectivity index (χ3n) is 3.67. The highest BCUT2D eigenvalue weighted by Crippen LogP contribution is 2.37. The normalized spacial score (nSPS) is 24.4. The van der Waals surface area contributed by atoms with Crippen molar-refractivity contribution >= 4 is 0 Å². The highest BCUT2D eigenvalue weighted by atomic mass is 19.4. The van der Waals surface area contributed by atoms with Gasteiger partial charge in [0.15, 0.2) is 0 Å². The first-order chi connectivity index (χ1) is 8.95. The second-order valence-electron chi connectivity index (χ2n) is 5.15. The van der Waals surface area contributed by atoms with Crippen molar-refractivity contribution in [3.63, 3.8) is 0 Å². The Morgan fingerprint density at radius 1 is 1.16 bits per heavy atom. The molecule has 5 heteroatoms. The van der Waals surface area contributed by atoms with E-state index in [9.17, 15) is 13.2 Å². The zero-order chi connectivity index (χ0) is 13.9.